The molecule has 0 bridgehead atoms. The highest BCUT2D eigenvalue weighted by Gasteiger charge is 2.48. The van der Waals surface area contributed by atoms with Crippen molar-refractivity contribution in [3.63, 3.8) is 0 Å². The van der Waals surface area contributed by atoms with Crippen LogP contribution in [0.1, 0.15) is 31.0 Å². The van der Waals surface area contributed by atoms with E-state index in [1.165, 1.54) is 4.90 Å². The molecule has 2 aromatic rings. The van der Waals surface area contributed by atoms with Crippen molar-refractivity contribution in [2.45, 2.75) is 43.3 Å². The first-order valence-corrected chi connectivity index (χ1v) is 10.3. The van der Waals surface area contributed by atoms with Gasteiger partial charge in [0.25, 0.3) is 15.7 Å². The van der Waals surface area contributed by atoms with Crippen molar-refractivity contribution in [2.75, 3.05) is 4.90 Å². The number of carbonyl (C=O) groups excluding carboxylic acids is 2. The number of amides is 3. The lowest BCUT2D eigenvalue weighted by Gasteiger charge is -2.28. The number of benzene rings is 1. The molecule has 160 valence electrons. The van der Waals surface area contributed by atoms with Crippen molar-refractivity contribution in [3.05, 3.63) is 53.9 Å². The van der Waals surface area contributed by atoms with Gasteiger partial charge in [0.05, 0.1) is 16.6 Å². The lowest BCUT2D eigenvalue weighted by molar-refractivity contribution is -0.119. The van der Waals surface area contributed by atoms with Crippen molar-refractivity contribution < 1.29 is 31.2 Å². The molecule has 1 aliphatic heterocycles. The summed E-state index contributed by atoms with van der Waals surface area (Å²) in [5, 5.41) is 0. The van der Waals surface area contributed by atoms with Gasteiger partial charge in [0, 0.05) is 12.4 Å². The number of pyridine rings is 1. The zero-order valence-corrected chi connectivity index (χ0v) is 17.0. The second-order valence-electron chi connectivity index (χ2n) is 6.89. The predicted octanol–water partition coefficient (Wildman–Crippen LogP) is 3.60. The predicted molar refractivity (Wildman–Crippen MR) is 101 cm³/mol. The fraction of sp³-hybridized carbons (Fsp3) is 0.316. The quantitative estimate of drug-likeness (QED) is 0.677. The average molecular weight is 441 g/mol. The molecule has 3 rings (SSSR count). The summed E-state index contributed by atoms with van der Waals surface area (Å²) in [6.45, 7) is 5.13. The second kappa shape index (κ2) is 7.38. The van der Waals surface area contributed by atoms with Gasteiger partial charge in [-0.3, -0.25) is 9.78 Å². The van der Waals surface area contributed by atoms with Crippen molar-refractivity contribution >= 4 is 27.5 Å². The first kappa shape index (κ1) is 21.8. The average Bonchev–Trinajstić information content (AvgIpc) is 2.89. The molecule has 0 radical (unpaired) electrons. The van der Waals surface area contributed by atoms with Gasteiger partial charge in [0.15, 0.2) is 0 Å². The van der Waals surface area contributed by atoms with Crippen LogP contribution in [0.5, 0.6) is 0 Å². The minimum absolute atomic E-state index is 0.0147. The number of halogens is 3. The van der Waals surface area contributed by atoms with Gasteiger partial charge in [-0.05, 0) is 62.2 Å². The van der Waals surface area contributed by atoms with Crippen LogP contribution in [0.15, 0.2) is 47.6 Å². The number of carbonyl (C=O) groups is 2. The zero-order chi connectivity index (χ0) is 22.4. The van der Waals surface area contributed by atoms with E-state index >= 15 is 0 Å². The Morgan fingerprint density at radius 1 is 1.10 bits per heavy atom. The van der Waals surface area contributed by atoms with E-state index in [-0.39, 0.29) is 5.69 Å². The number of anilines is 1. The van der Waals surface area contributed by atoms with Crippen LogP contribution in [0.4, 0.5) is 23.7 Å². The van der Waals surface area contributed by atoms with Crippen LogP contribution in [-0.2, 0) is 14.6 Å². The number of hydrogen-bond acceptors (Lipinski definition) is 5. The third kappa shape index (κ3) is 3.42. The summed E-state index contributed by atoms with van der Waals surface area (Å²) in [4.78, 5) is 31.0. The smallest absolute Gasteiger partial charge is 0.305 e. The van der Waals surface area contributed by atoms with E-state index in [0.29, 0.717) is 0 Å². The summed E-state index contributed by atoms with van der Waals surface area (Å²) in [6.07, 6.45) is 3.21. The van der Waals surface area contributed by atoms with Gasteiger partial charge in [-0.25, -0.2) is 18.1 Å². The number of nitrogens with zero attached hydrogens (tertiary/aromatic N) is 3. The molecule has 0 N–H and O–H groups in total. The van der Waals surface area contributed by atoms with Crippen LogP contribution in [0.3, 0.4) is 0 Å². The Morgan fingerprint density at radius 2 is 1.70 bits per heavy atom. The first-order chi connectivity index (χ1) is 13.9. The van der Waals surface area contributed by atoms with E-state index in [1.807, 2.05) is 6.92 Å². The molecule has 1 fully saturated rings. The standard InChI is InChI=1S/C19H18F3N3O4S/c1-11-10-23-9-8-16(11)12(2)24-13(3)17(26)25(18(24)27)14-4-6-15(7-5-14)30(28,29)19(20,21)22/h4-10,12-13H,1-3H3. The summed E-state index contributed by atoms with van der Waals surface area (Å²) >= 11 is 0. The normalized spacial score (nSPS) is 18.8. The number of alkyl halides is 3. The number of rotatable bonds is 4. The van der Waals surface area contributed by atoms with E-state index in [9.17, 15) is 31.2 Å². The van der Waals surface area contributed by atoms with Crippen LogP contribution in [0.2, 0.25) is 0 Å². The van der Waals surface area contributed by atoms with Gasteiger partial charge >= 0.3 is 11.5 Å². The summed E-state index contributed by atoms with van der Waals surface area (Å²) < 4.78 is 61.2. The van der Waals surface area contributed by atoms with Crippen molar-refractivity contribution in [3.8, 4) is 0 Å². The molecule has 30 heavy (non-hydrogen) atoms. The molecule has 1 aromatic carbocycles. The minimum atomic E-state index is -5.52. The lowest BCUT2D eigenvalue weighted by Crippen LogP contribution is -2.36. The maximum atomic E-state index is 13.0. The molecule has 3 amide bonds. The van der Waals surface area contributed by atoms with Crippen molar-refractivity contribution in [1.29, 1.82) is 0 Å². The Balaban J connectivity index is 1.94. The number of sulfone groups is 1. The van der Waals surface area contributed by atoms with Crippen molar-refractivity contribution in [1.82, 2.24) is 9.88 Å². The Bertz CT molecular complexity index is 1100. The van der Waals surface area contributed by atoms with E-state index in [4.69, 9.17) is 0 Å². The van der Waals surface area contributed by atoms with Gasteiger partial charge in [-0.2, -0.15) is 13.2 Å². The Labute approximate surface area is 171 Å². The zero-order valence-electron chi connectivity index (χ0n) is 16.2. The molecule has 0 saturated carbocycles. The fourth-order valence-electron chi connectivity index (χ4n) is 3.43. The molecular formula is C19H18F3N3O4S. The van der Waals surface area contributed by atoms with E-state index in [0.717, 1.165) is 40.3 Å². The summed E-state index contributed by atoms with van der Waals surface area (Å²) in [7, 11) is -5.52. The summed E-state index contributed by atoms with van der Waals surface area (Å²) in [5.41, 5.74) is -3.83. The maximum Gasteiger partial charge on any atom is 0.501 e. The Morgan fingerprint density at radius 3 is 2.23 bits per heavy atom. The minimum Gasteiger partial charge on any atom is -0.305 e. The highest BCUT2D eigenvalue weighted by Crippen LogP contribution is 2.35. The topological polar surface area (TPSA) is 87.7 Å². The van der Waals surface area contributed by atoms with E-state index in [1.54, 1.807) is 32.3 Å². The van der Waals surface area contributed by atoms with Gasteiger partial charge in [0.1, 0.15) is 6.04 Å². The SMILES string of the molecule is Cc1cnccc1C(C)N1C(=O)N(c2ccc(S(=O)(=O)C(F)(F)F)cc2)C(=O)C1C. The van der Waals surface area contributed by atoms with Crippen LogP contribution in [0, 0.1) is 6.92 Å². The third-order valence-electron chi connectivity index (χ3n) is 5.05. The van der Waals surface area contributed by atoms with Crippen LogP contribution in [-0.4, -0.2) is 41.8 Å². The van der Waals surface area contributed by atoms with Gasteiger partial charge in [-0.15, -0.1) is 0 Å². The molecule has 0 spiro atoms. The van der Waals surface area contributed by atoms with Gasteiger partial charge in [0.2, 0.25) is 0 Å². The van der Waals surface area contributed by atoms with Crippen LogP contribution < -0.4 is 4.90 Å². The number of aryl methyl sites for hydroxylation is 1. The molecule has 2 unspecified atom stereocenters. The largest absolute Gasteiger partial charge is 0.501 e. The highest BCUT2D eigenvalue weighted by atomic mass is 32.2. The molecule has 2 atom stereocenters. The molecule has 1 aromatic heterocycles. The van der Waals surface area contributed by atoms with Gasteiger partial charge < -0.3 is 4.90 Å². The number of imide groups is 1. The third-order valence-corrected chi connectivity index (χ3v) is 6.55. The first-order valence-electron chi connectivity index (χ1n) is 8.86. The molecule has 1 aliphatic rings. The fourth-order valence-corrected chi connectivity index (χ4v) is 4.19. The van der Waals surface area contributed by atoms with Crippen molar-refractivity contribution in [2.24, 2.45) is 0 Å². The summed E-state index contributed by atoms with van der Waals surface area (Å²) in [5.74, 6) is -0.565. The summed E-state index contributed by atoms with van der Waals surface area (Å²) in [6, 6.07) is 3.27. The molecule has 0 aliphatic carbocycles. The van der Waals surface area contributed by atoms with Crippen LogP contribution >= 0.6 is 0 Å². The van der Waals surface area contributed by atoms with Crippen LogP contribution in [0.25, 0.3) is 0 Å². The number of urea groups is 1. The van der Waals surface area contributed by atoms with Gasteiger partial charge in [-0.1, -0.05) is 0 Å². The number of aromatic nitrogens is 1. The Kier molecular flexibility index (Phi) is 5.35. The molecule has 2 heterocycles. The monoisotopic (exact) mass is 441 g/mol. The second-order valence-corrected chi connectivity index (χ2v) is 8.83. The maximum absolute atomic E-state index is 13.0. The highest BCUT2D eigenvalue weighted by molar-refractivity contribution is 7.92. The van der Waals surface area contributed by atoms with E-state index in [2.05, 4.69) is 4.98 Å². The number of hydrogen-bond donors (Lipinski definition) is 0. The molecular weight excluding hydrogens is 423 g/mol. The molecule has 11 heteroatoms. The Hall–Kier alpha value is -2.95. The lowest BCUT2D eigenvalue weighted by atomic mass is 10.0. The molecule has 7 nitrogen and oxygen atoms in total. The van der Waals surface area contributed by atoms with E-state index < -0.39 is 44.3 Å². The molecule has 1 saturated heterocycles.